The molecule has 0 aromatic heterocycles. The molecular weight excluding hydrogens is 1080 g/mol. The largest absolute Gasteiger partial charge is 0.256 e. The first-order valence-electron chi connectivity index (χ1n) is 30.9. The number of hydrogen-bond donors (Lipinski definition) is 0. The Hall–Kier alpha value is -11.8. The molecule has 0 unspecified atom stereocenters. The highest BCUT2D eigenvalue weighted by Crippen LogP contribution is 2.56. The van der Waals surface area contributed by atoms with Crippen LogP contribution in [0.3, 0.4) is 0 Å². The molecule has 17 rings (SSSR count). The van der Waals surface area contributed by atoms with E-state index in [0.29, 0.717) is 0 Å². The van der Waals surface area contributed by atoms with Crippen molar-refractivity contribution in [2.75, 3.05) is 0 Å². The zero-order chi connectivity index (χ0) is 59.5. The average molecular weight is 1140 g/mol. The third kappa shape index (κ3) is 9.38. The third-order valence-electron chi connectivity index (χ3n) is 18.2. The van der Waals surface area contributed by atoms with E-state index in [-0.39, 0.29) is 0 Å². The highest BCUT2D eigenvalue weighted by atomic mass is 14.7. The molecule has 0 aliphatic rings. The van der Waals surface area contributed by atoms with E-state index in [1.165, 1.54) is 98.0 Å². The normalized spacial score (nSPS) is 11.9. The smallest absolute Gasteiger partial charge is 0.0630 e. The molecule has 0 saturated carbocycles. The van der Waals surface area contributed by atoms with Crippen LogP contribution in [0.5, 0.6) is 0 Å². The lowest BCUT2D eigenvalue weighted by Crippen LogP contribution is -2.02. The molecule has 418 valence electrons. The van der Waals surface area contributed by atoms with Crippen LogP contribution in [0, 0.1) is 0 Å². The topological polar surface area (TPSA) is 24.7 Å². The van der Waals surface area contributed by atoms with E-state index in [1.807, 2.05) is 12.4 Å². The molecule has 2 heteroatoms. The maximum atomic E-state index is 5.00. The Balaban J connectivity index is 0.765. The zero-order valence-electron chi connectivity index (χ0n) is 49.2. The minimum Gasteiger partial charge on any atom is -0.256 e. The summed E-state index contributed by atoms with van der Waals surface area (Å²) < 4.78 is 0. The fraction of sp³-hybridized carbons (Fsp3) is 0. The van der Waals surface area contributed by atoms with Crippen molar-refractivity contribution in [1.82, 2.24) is 0 Å². The highest BCUT2D eigenvalue weighted by Gasteiger charge is 2.29. The quantitative estimate of drug-likeness (QED) is 0.0860. The van der Waals surface area contributed by atoms with Gasteiger partial charge in [0.15, 0.2) is 0 Å². The predicted octanol–water partition coefficient (Wildman–Crippen LogP) is 24.3. The lowest BCUT2D eigenvalue weighted by Gasteiger charge is -2.29. The van der Waals surface area contributed by atoms with E-state index in [2.05, 4.69) is 328 Å². The molecule has 0 heterocycles. The van der Waals surface area contributed by atoms with Gasteiger partial charge in [0, 0.05) is 12.4 Å². The van der Waals surface area contributed by atoms with Crippen LogP contribution in [0.4, 0.5) is 11.4 Å². The first kappa shape index (κ1) is 52.5. The molecule has 0 fully saturated rings. The minimum absolute atomic E-state index is 0.905. The zero-order valence-corrected chi connectivity index (χ0v) is 49.2. The molecule has 0 spiro atoms. The van der Waals surface area contributed by atoms with Gasteiger partial charge < -0.3 is 0 Å². The van der Waals surface area contributed by atoms with Crippen molar-refractivity contribution < 1.29 is 0 Å². The molecule has 0 aliphatic carbocycles. The summed E-state index contributed by atoms with van der Waals surface area (Å²) in [6.45, 7) is 0. The fourth-order valence-corrected chi connectivity index (χ4v) is 14.0. The van der Waals surface area contributed by atoms with E-state index in [4.69, 9.17) is 9.98 Å². The van der Waals surface area contributed by atoms with Gasteiger partial charge in [-0.25, -0.2) is 0 Å². The summed E-state index contributed by atoms with van der Waals surface area (Å²) >= 11 is 0. The standard InChI is InChI=1S/C88H56N2/c1-5-15-63(16-6-1)83-84(64-17-7-2-8-18-64)86(66-21-11-4-12-22-66)88(72-33-29-60(30-34-72)62-45-49-78(50-46-62)90-56-58-53-75-41-37-69-25-14-26-70-38-42-76(54-58)82(75)80(69)70)87(85(83)65-19-9-3-10-20-65)71-31-27-59(28-32-71)61-43-47-77(48-44-61)89-55-57-51-73-39-35-67-23-13-24-68-36-40-74(52-57)81(73)79(67)68/h1-56H. The summed E-state index contributed by atoms with van der Waals surface area (Å²) in [5.41, 5.74) is 22.4. The Morgan fingerprint density at radius 2 is 0.378 bits per heavy atom. The van der Waals surface area contributed by atoms with E-state index in [1.54, 1.807) is 0 Å². The van der Waals surface area contributed by atoms with Crippen molar-refractivity contribution in [2.24, 2.45) is 9.98 Å². The van der Waals surface area contributed by atoms with Gasteiger partial charge >= 0.3 is 0 Å². The molecule has 17 aromatic rings. The second-order valence-corrected chi connectivity index (χ2v) is 23.6. The van der Waals surface area contributed by atoms with Crippen molar-refractivity contribution in [2.45, 2.75) is 0 Å². The van der Waals surface area contributed by atoms with Crippen LogP contribution in [0.25, 0.3) is 154 Å². The van der Waals surface area contributed by atoms with E-state index in [9.17, 15) is 0 Å². The van der Waals surface area contributed by atoms with Crippen LogP contribution < -0.4 is 0 Å². The summed E-state index contributed by atoms with van der Waals surface area (Å²) in [5.74, 6) is 0. The van der Waals surface area contributed by atoms with Crippen LogP contribution in [0.2, 0.25) is 0 Å². The Labute approximate surface area is 523 Å². The number of nitrogens with zero attached hydrogens (tertiary/aromatic N) is 2. The van der Waals surface area contributed by atoms with Crippen molar-refractivity contribution >= 4 is 88.4 Å². The van der Waals surface area contributed by atoms with Crippen LogP contribution >= 0.6 is 0 Å². The van der Waals surface area contributed by atoms with Crippen LogP contribution in [0.15, 0.2) is 338 Å². The Bertz CT molecular complexity index is 5080. The lowest BCUT2D eigenvalue weighted by atomic mass is 9.74. The summed E-state index contributed by atoms with van der Waals surface area (Å²) in [6, 6.07) is 120. The molecule has 17 aromatic carbocycles. The van der Waals surface area contributed by atoms with Crippen molar-refractivity contribution in [3.05, 3.63) is 339 Å². The summed E-state index contributed by atoms with van der Waals surface area (Å²) in [5, 5.41) is 15.3. The second-order valence-electron chi connectivity index (χ2n) is 23.6. The number of rotatable bonds is 12. The van der Waals surface area contributed by atoms with Crippen LogP contribution in [-0.2, 0) is 0 Å². The van der Waals surface area contributed by atoms with Crippen LogP contribution in [-0.4, -0.2) is 12.4 Å². The molecule has 0 aliphatic heterocycles. The predicted molar refractivity (Wildman–Crippen MR) is 385 cm³/mol. The maximum Gasteiger partial charge on any atom is 0.0630 e. The van der Waals surface area contributed by atoms with Gasteiger partial charge in [0.05, 0.1) is 11.4 Å². The van der Waals surface area contributed by atoms with Gasteiger partial charge in [0.25, 0.3) is 0 Å². The molecular formula is C88H56N2. The minimum atomic E-state index is 0.905. The van der Waals surface area contributed by atoms with E-state index >= 15 is 0 Å². The number of hydrogen-bond acceptors (Lipinski definition) is 2. The summed E-state index contributed by atoms with van der Waals surface area (Å²) in [4.78, 5) is 10.0. The van der Waals surface area contributed by atoms with Gasteiger partial charge in [-0.3, -0.25) is 9.98 Å². The van der Waals surface area contributed by atoms with Gasteiger partial charge in [0.1, 0.15) is 0 Å². The van der Waals surface area contributed by atoms with Crippen LogP contribution in [0.1, 0.15) is 11.1 Å². The Morgan fingerprint density at radius 3 is 0.644 bits per heavy atom. The highest BCUT2D eigenvalue weighted by molar-refractivity contribution is 6.25. The fourth-order valence-electron chi connectivity index (χ4n) is 14.0. The van der Waals surface area contributed by atoms with Gasteiger partial charge in [-0.2, -0.15) is 0 Å². The molecule has 2 nitrogen and oxygen atoms in total. The summed E-state index contributed by atoms with van der Waals surface area (Å²) in [7, 11) is 0. The molecule has 0 atom stereocenters. The monoisotopic (exact) mass is 1140 g/mol. The van der Waals surface area contributed by atoms with Gasteiger partial charge in [-0.1, -0.05) is 279 Å². The molecule has 0 N–H and O–H groups in total. The maximum absolute atomic E-state index is 5.00. The first-order valence-corrected chi connectivity index (χ1v) is 30.9. The van der Waals surface area contributed by atoms with Crippen molar-refractivity contribution in [1.29, 1.82) is 0 Å². The molecule has 0 radical (unpaired) electrons. The van der Waals surface area contributed by atoms with E-state index < -0.39 is 0 Å². The van der Waals surface area contributed by atoms with Gasteiger partial charge in [0.2, 0.25) is 0 Å². The summed E-state index contributed by atoms with van der Waals surface area (Å²) in [6.07, 6.45) is 3.99. The molecule has 0 bridgehead atoms. The SMILES string of the molecule is C(=Nc1ccc(-c2ccc(-c3c(-c4ccccc4)c(-c4ccccc4)c(-c4ccccc4)c(-c4ccccc4)c3-c3ccc(-c4ccc(N=Cc5cc6ccc7cccc8ccc(c5)c6c78)cc4)cc3)cc2)cc1)c1cc2ccc3cccc4ccc(c1)c2c34. The molecule has 0 saturated heterocycles. The van der Waals surface area contributed by atoms with E-state index in [0.717, 1.165) is 78.1 Å². The first-order chi connectivity index (χ1) is 44.6. The second kappa shape index (κ2) is 22.1. The van der Waals surface area contributed by atoms with Crippen molar-refractivity contribution in [3.8, 4) is 89.0 Å². The molecule has 90 heavy (non-hydrogen) atoms. The lowest BCUT2D eigenvalue weighted by molar-refractivity contribution is 1.50. The van der Waals surface area contributed by atoms with Gasteiger partial charge in [-0.05, 0) is 213 Å². The number of aliphatic imine (C=N–C) groups is 2. The Morgan fingerprint density at radius 1 is 0.167 bits per heavy atom. The Kier molecular flexibility index (Phi) is 12.9. The number of benzene rings is 17. The average Bonchev–Trinajstić information content (AvgIpc) is 0.794. The molecule has 0 amide bonds. The third-order valence-corrected chi connectivity index (χ3v) is 18.2. The van der Waals surface area contributed by atoms with Gasteiger partial charge in [-0.15, -0.1) is 0 Å². The van der Waals surface area contributed by atoms with Crippen molar-refractivity contribution in [3.63, 3.8) is 0 Å².